The summed E-state index contributed by atoms with van der Waals surface area (Å²) in [4.78, 5) is 6.98. The largest absolute Gasteiger partial charge is 0.356 e. The molecule has 4 heteroatoms. The third-order valence-electron chi connectivity index (χ3n) is 2.97. The summed E-state index contributed by atoms with van der Waals surface area (Å²) in [5.41, 5.74) is 1.18. The van der Waals surface area contributed by atoms with Crippen molar-refractivity contribution in [1.29, 1.82) is 0 Å². The van der Waals surface area contributed by atoms with Crippen LogP contribution in [-0.2, 0) is 13.1 Å². The Bertz CT molecular complexity index is 291. The van der Waals surface area contributed by atoms with Gasteiger partial charge in [-0.25, -0.2) is 4.98 Å². The maximum Gasteiger partial charge on any atom is 0.203 e. The molecule has 1 aromatic heterocycles. The van der Waals surface area contributed by atoms with Crippen LogP contribution in [0.15, 0.2) is 6.20 Å². The second-order valence-corrected chi connectivity index (χ2v) is 3.99. The SMILES string of the molecule is CCN(CC)Cc1cn2c(n1)NCCC2. The van der Waals surface area contributed by atoms with Gasteiger partial charge in [0.05, 0.1) is 5.69 Å². The Labute approximate surface area is 91.3 Å². The molecule has 1 aromatic rings. The predicted octanol–water partition coefficient (Wildman–Crippen LogP) is 1.54. The van der Waals surface area contributed by atoms with E-state index in [1.807, 2.05) is 0 Å². The lowest BCUT2D eigenvalue weighted by atomic mass is 10.4. The molecular weight excluding hydrogens is 188 g/mol. The highest BCUT2D eigenvalue weighted by Crippen LogP contribution is 2.15. The molecule has 84 valence electrons. The second kappa shape index (κ2) is 4.66. The van der Waals surface area contributed by atoms with Crippen molar-refractivity contribution < 1.29 is 0 Å². The van der Waals surface area contributed by atoms with Crippen molar-refractivity contribution in [3.05, 3.63) is 11.9 Å². The number of fused-ring (bicyclic) bond motifs is 1. The Morgan fingerprint density at radius 3 is 2.93 bits per heavy atom. The van der Waals surface area contributed by atoms with E-state index in [1.54, 1.807) is 0 Å². The number of hydrogen-bond acceptors (Lipinski definition) is 3. The number of anilines is 1. The number of rotatable bonds is 4. The van der Waals surface area contributed by atoms with Crippen molar-refractivity contribution in [2.45, 2.75) is 33.4 Å². The van der Waals surface area contributed by atoms with E-state index >= 15 is 0 Å². The number of nitrogens with zero attached hydrogens (tertiary/aromatic N) is 3. The van der Waals surface area contributed by atoms with E-state index in [4.69, 9.17) is 0 Å². The van der Waals surface area contributed by atoms with Crippen molar-refractivity contribution in [1.82, 2.24) is 14.5 Å². The summed E-state index contributed by atoms with van der Waals surface area (Å²) in [7, 11) is 0. The molecule has 0 saturated heterocycles. The van der Waals surface area contributed by atoms with E-state index in [0.717, 1.165) is 38.7 Å². The summed E-state index contributed by atoms with van der Waals surface area (Å²) in [5.74, 6) is 1.04. The number of nitrogens with one attached hydrogen (secondary N) is 1. The molecule has 0 spiro atoms. The van der Waals surface area contributed by atoms with Crippen molar-refractivity contribution in [2.75, 3.05) is 25.0 Å². The van der Waals surface area contributed by atoms with Crippen LogP contribution in [0, 0.1) is 0 Å². The van der Waals surface area contributed by atoms with Crippen molar-refractivity contribution in [2.24, 2.45) is 0 Å². The van der Waals surface area contributed by atoms with Gasteiger partial charge >= 0.3 is 0 Å². The Balaban J connectivity index is 2.05. The highest BCUT2D eigenvalue weighted by molar-refractivity contribution is 5.30. The van der Waals surface area contributed by atoms with Gasteiger partial charge in [-0.1, -0.05) is 13.8 Å². The van der Waals surface area contributed by atoms with Gasteiger partial charge < -0.3 is 9.88 Å². The van der Waals surface area contributed by atoms with Gasteiger partial charge in [-0.15, -0.1) is 0 Å². The lowest BCUT2D eigenvalue weighted by Crippen LogP contribution is -2.22. The first-order valence-electron chi connectivity index (χ1n) is 5.85. The van der Waals surface area contributed by atoms with E-state index in [0.29, 0.717) is 0 Å². The fraction of sp³-hybridized carbons (Fsp3) is 0.727. The number of hydrogen-bond donors (Lipinski definition) is 1. The summed E-state index contributed by atoms with van der Waals surface area (Å²) >= 11 is 0. The molecule has 2 heterocycles. The first kappa shape index (κ1) is 10.5. The molecular formula is C11H20N4. The molecule has 0 fully saturated rings. The molecule has 1 N–H and O–H groups in total. The highest BCUT2D eigenvalue weighted by atomic mass is 15.2. The van der Waals surface area contributed by atoms with Crippen LogP contribution in [0.4, 0.5) is 5.95 Å². The summed E-state index contributed by atoms with van der Waals surface area (Å²) in [6, 6.07) is 0. The van der Waals surface area contributed by atoms with Gasteiger partial charge in [0.15, 0.2) is 0 Å². The topological polar surface area (TPSA) is 33.1 Å². The number of aryl methyl sites for hydroxylation is 1. The minimum absolute atomic E-state index is 0.967. The summed E-state index contributed by atoms with van der Waals surface area (Å²) in [6.07, 6.45) is 3.38. The zero-order valence-corrected chi connectivity index (χ0v) is 9.66. The smallest absolute Gasteiger partial charge is 0.203 e. The van der Waals surface area contributed by atoms with Crippen molar-refractivity contribution in [3.8, 4) is 0 Å². The normalized spacial score (nSPS) is 15.1. The average molecular weight is 208 g/mol. The van der Waals surface area contributed by atoms with Gasteiger partial charge in [-0.3, -0.25) is 4.90 Å². The Morgan fingerprint density at radius 2 is 2.27 bits per heavy atom. The van der Waals surface area contributed by atoms with Crippen LogP contribution in [0.25, 0.3) is 0 Å². The van der Waals surface area contributed by atoms with Crippen molar-refractivity contribution in [3.63, 3.8) is 0 Å². The van der Waals surface area contributed by atoms with E-state index in [1.165, 1.54) is 12.1 Å². The molecule has 2 rings (SSSR count). The molecule has 0 bridgehead atoms. The summed E-state index contributed by atoms with van der Waals surface area (Å²) in [6.45, 7) is 9.69. The first-order valence-corrected chi connectivity index (χ1v) is 5.85. The minimum Gasteiger partial charge on any atom is -0.356 e. The highest BCUT2D eigenvalue weighted by Gasteiger charge is 2.12. The fourth-order valence-corrected chi connectivity index (χ4v) is 1.98. The summed E-state index contributed by atoms with van der Waals surface area (Å²) in [5, 5.41) is 3.33. The van der Waals surface area contributed by atoms with Gasteiger partial charge in [0.1, 0.15) is 0 Å². The predicted molar refractivity (Wildman–Crippen MR) is 62.0 cm³/mol. The molecule has 0 aromatic carbocycles. The maximum absolute atomic E-state index is 4.60. The Morgan fingerprint density at radius 1 is 1.47 bits per heavy atom. The minimum atomic E-state index is 0.967. The molecule has 0 amide bonds. The molecule has 0 radical (unpaired) electrons. The summed E-state index contributed by atoms with van der Waals surface area (Å²) < 4.78 is 2.22. The van der Waals surface area contributed by atoms with Crippen LogP contribution in [0.2, 0.25) is 0 Å². The van der Waals surface area contributed by atoms with Gasteiger partial charge in [-0.2, -0.15) is 0 Å². The van der Waals surface area contributed by atoms with E-state index in [-0.39, 0.29) is 0 Å². The quantitative estimate of drug-likeness (QED) is 0.815. The van der Waals surface area contributed by atoms with Gasteiger partial charge in [-0.05, 0) is 19.5 Å². The van der Waals surface area contributed by atoms with Crippen LogP contribution in [0.5, 0.6) is 0 Å². The maximum atomic E-state index is 4.60. The molecule has 0 unspecified atom stereocenters. The molecule has 0 saturated carbocycles. The molecule has 15 heavy (non-hydrogen) atoms. The van der Waals surface area contributed by atoms with Crippen LogP contribution in [0.1, 0.15) is 26.0 Å². The van der Waals surface area contributed by atoms with E-state index in [2.05, 4.69) is 39.8 Å². The van der Waals surface area contributed by atoms with Gasteiger partial charge in [0.25, 0.3) is 0 Å². The van der Waals surface area contributed by atoms with Gasteiger partial charge in [0, 0.05) is 25.8 Å². The number of aromatic nitrogens is 2. The molecule has 1 aliphatic rings. The lowest BCUT2D eigenvalue weighted by molar-refractivity contribution is 0.292. The third-order valence-corrected chi connectivity index (χ3v) is 2.97. The average Bonchev–Trinajstić information content (AvgIpc) is 2.68. The molecule has 4 nitrogen and oxygen atoms in total. The van der Waals surface area contributed by atoms with Crippen molar-refractivity contribution >= 4 is 5.95 Å². The van der Waals surface area contributed by atoms with Crippen LogP contribution < -0.4 is 5.32 Å². The zero-order valence-electron chi connectivity index (χ0n) is 9.66. The Hall–Kier alpha value is -1.03. The van der Waals surface area contributed by atoms with Gasteiger partial charge in [0.2, 0.25) is 5.95 Å². The standard InChI is InChI=1S/C11H20N4/c1-3-14(4-2)8-10-9-15-7-5-6-12-11(15)13-10/h9H,3-8H2,1-2H3,(H,12,13). The fourth-order valence-electron chi connectivity index (χ4n) is 1.98. The molecule has 0 aliphatic carbocycles. The molecule has 1 aliphatic heterocycles. The van der Waals surface area contributed by atoms with E-state index < -0.39 is 0 Å². The zero-order chi connectivity index (χ0) is 10.7. The van der Waals surface area contributed by atoms with Crippen LogP contribution >= 0.6 is 0 Å². The first-order chi connectivity index (χ1) is 7.33. The second-order valence-electron chi connectivity index (χ2n) is 3.99. The van der Waals surface area contributed by atoms with Crippen LogP contribution in [-0.4, -0.2) is 34.1 Å². The lowest BCUT2D eigenvalue weighted by Gasteiger charge is -2.15. The number of imidazole rings is 1. The van der Waals surface area contributed by atoms with E-state index in [9.17, 15) is 0 Å². The third kappa shape index (κ3) is 2.31. The monoisotopic (exact) mass is 208 g/mol. The Kier molecular flexibility index (Phi) is 3.26. The van der Waals surface area contributed by atoms with Crippen LogP contribution in [0.3, 0.4) is 0 Å². The molecule has 0 atom stereocenters.